The largest absolute Gasteiger partial charge is 0.385 e. The normalized spacial score (nSPS) is 10.8. The quantitative estimate of drug-likeness (QED) is 0.640. The van der Waals surface area contributed by atoms with Crippen molar-refractivity contribution in [3.63, 3.8) is 0 Å². The van der Waals surface area contributed by atoms with E-state index in [1.54, 1.807) is 13.8 Å². The number of hydrogen-bond acceptors (Lipinski definition) is 1. The predicted octanol–water partition coefficient (Wildman–Crippen LogP) is 3.05. The molecule has 70 valence electrons. The SMILES string of the molecule is CCCC=C=C(CC)C(C)(C)O. The lowest BCUT2D eigenvalue weighted by Crippen LogP contribution is -2.20. The van der Waals surface area contributed by atoms with Crippen molar-refractivity contribution in [2.75, 3.05) is 0 Å². The molecule has 0 aliphatic carbocycles. The van der Waals surface area contributed by atoms with Gasteiger partial charge < -0.3 is 5.11 Å². The molecule has 0 fully saturated rings. The minimum atomic E-state index is -0.709. The Bertz CT molecular complexity index is 178. The maximum atomic E-state index is 9.66. The summed E-state index contributed by atoms with van der Waals surface area (Å²) in [5.74, 6) is 0. The standard InChI is InChI=1S/C11H20O/c1-5-7-8-9-10(6-2)11(3,4)12/h8,12H,5-7H2,1-4H3. The van der Waals surface area contributed by atoms with Crippen molar-refractivity contribution in [2.24, 2.45) is 0 Å². The third-order valence-electron chi connectivity index (χ3n) is 1.80. The van der Waals surface area contributed by atoms with Gasteiger partial charge in [-0.3, -0.25) is 0 Å². The maximum Gasteiger partial charge on any atom is 0.0873 e. The van der Waals surface area contributed by atoms with Gasteiger partial charge >= 0.3 is 0 Å². The van der Waals surface area contributed by atoms with Crippen molar-refractivity contribution in [2.45, 2.75) is 52.6 Å². The van der Waals surface area contributed by atoms with E-state index in [0.29, 0.717) is 0 Å². The van der Waals surface area contributed by atoms with E-state index in [1.165, 1.54) is 0 Å². The first-order chi connectivity index (χ1) is 5.52. The molecule has 0 bridgehead atoms. The molecule has 0 heterocycles. The first-order valence-corrected chi connectivity index (χ1v) is 4.69. The Morgan fingerprint density at radius 3 is 2.33 bits per heavy atom. The van der Waals surface area contributed by atoms with E-state index in [1.807, 2.05) is 13.0 Å². The second-order valence-corrected chi connectivity index (χ2v) is 3.53. The van der Waals surface area contributed by atoms with Gasteiger partial charge in [-0.05, 0) is 32.8 Å². The fourth-order valence-corrected chi connectivity index (χ4v) is 1.05. The second kappa shape index (κ2) is 5.18. The van der Waals surface area contributed by atoms with Crippen molar-refractivity contribution in [1.82, 2.24) is 0 Å². The molecular formula is C11H20O. The molecule has 0 unspecified atom stereocenters. The molecule has 0 saturated heterocycles. The van der Waals surface area contributed by atoms with Crippen LogP contribution in [-0.4, -0.2) is 10.7 Å². The van der Waals surface area contributed by atoms with Crippen molar-refractivity contribution < 1.29 is 5.11 Å². The number of unbranched alkanes of at least 4 members (excludes halogenated alkanes) is 1. The molecule has 0 aromatic rings. The smallest absolute Gasteiger partial charge is 0.0873 e. The molecule has 1 nitrogen and oxygen atoms in total. The molecule has 0 spiro atoms. The Morgan fingerprint density at radius 1 is 1.42 bits per heavy atom. The van der Waals surface area contributed by atoms with Crippen LogP contribution >= 0.6 is 0 Å². The van der Waals surface area contributed by atoms with Crippen LogP contribution in [0.15, 0.2) is 17.4 Å². The lowest BCUT2D eigenvalue weighted by Gasteiger charge is -2.18. The molecule has 0 aliphatic rings. The minimum Gasteiger partial charge on any atom is -0.385 e. The third-order valence-corrected chi connectivity index (χ3v) is 1.80. The predicted molar refractivity (Wildman–Crippen MR) is 53.1 cm³/mol. The first kappa shape index (κ1) is 11.5. The van der Waals surface area contributed by atoms with E-state index in [9.17, 15) is 5.11 Å². The zero-order valence-electron chi connectivity index (χ0n) is 8.65. The van der Waals surface area contributed by atoms with E-state index in [-0.39, 0.29) is 0 Å². The molecule has 0 aromatic heterocycles. The zero-order chi connectivity index (χ0) is 9.61. The molecule has 0 aromatic carbocycles. The van der Waals surface area contributed by atoms with Crippen molar-refractivity contribution in [3.05, 3.63) is 17.4 Å². The summed E-state index contributed by atoms with van der Waals surface area (Å²) in [5.41, 5.74) is 3.42. The summed E-state index contributed by atoms with van der Waals surface area (Å²) in [6.07, 6.45) is 5.05. The molecule has 0 saturated carbocycles. The minimum absolute atomic E-state index is 0.709. The van der Waals surface area contributed by atoms with Crippen LogP contribution in [0.5, 0.6) is 0 Å². The van der Waals surface area contributed by atoms with E-state index in [4.69, 9.17) is 0 Å². The molecule has 0 radical (unpaired) electrons. The molecule has 12 heavy (non-hydrogen) atoms. The molecule has 0 atom stereocenters. The van der Waals surface area contributed by atoms with E-state index >= 15 is 0 Å². The van der Waals surface area contributed by atoms with Crippen LogP contribution in [0.1, 0.15) is 47.0 Å². The highest BCUT2D eigenvalue weighted by Gasteiger charge is 2.16. The van der Waals surface area contributed by atoms with Crippen LogP contribution in [0.3, 0.4) is 0 Å². The summed E-state index contributed by atoms with van der Waals surface area (Å²) >= 11 is 0. The van der Waals surface area contributed by atoms with Gasteiger partial charge in [0.2, 0.25) is 0 Å². The van der Waals surface area contributed by atoms with Crippen LogP contribution < -0.4 is 0 Å². The topological polar surface area (TPSA) is 20.2 Å². The zero-order valence-corrected chi connectivity index (χ0v) is 8.65. The summed E-state index contributed by atoms with van der Waals surface area (Å²) in [6, 6.07) is 0. The molecule has 0 aliphatic heterocycles. The Morgan fingerprint density at radius 2 is 2.00 bits per heavy atom. The monoisotopic (exact) mass is 168 g/mol. The summed E-state index contributed by atoms with van der Waals surface area (Å²) in [7, 11) is 0. The van der Waals surface area contributed by atoms with Gasteiger partial charge in [0.25, 0.3) is 0 Å². The highest BCUT2D eigenvalue weighted by atomic mass is 16.3. The summed E-state index contributed by atoms with van der Waals surface area (Å²) < 4.78 is 0. The van der Waals surface area contributed by atoms with Gasteiger partial charge in [-0.1, -0.05) is 20.3 Å². The first-order valence-electron chi connectivity index (χ1n) is 4.69. The lowest BCUT2D eigenvalue weighted by molar-refractivity contribution is 0.117. The number of rotatable bonds is 4. The highest BCUT2D eigenvalue weighted by molar-refractivity contribution is 5.12. The average Bonchev–Trinajstić information content (AvgIpc) is 1.95. The van der Waals surface area contributed by atoms with Crippen LogP contribution in [0.25, 0.3) is 0 Å². The van der Waals surface area contributed by atoms with Crippen LogP contribution in [-0.2, 0) is 0 Å². The van der Waals surface area contributed by atoms with Gasteiger partial charge in [-0.15, -0.1) is 5.73 Å². The number of hydrogen-bond donors (Lipinski definition) is 1. The highest BCUT2D eigenvalue weighted by Crippen LogP contribution is 2.17. The van der Waals surface area contributed by atoms with Crippen LogP contribution in [0.2, 0.25) is 0 Å². The lowest BCUT2D eigenvalue weighted by atomic mass is 9.97. The Balaban J connectivity index is 4.44. The summed E-state index contributed by atoms with van der Waals surface area (Å²) in [6.45, 7) is 7.78. The maximum absolute atomic E-state index is 9.66. The Labute approximate surface area is 75.8 Å². The Hall–Kier alpha value is -0.520. The fourth-order valence-electron chi connectivity index (χ4n) is 1.05. The van der Waals surface area contributed by atoms with Gasteiger partial charge in [0, 0.05) is 5.57 Å². The van der Waals surface area contributed by atoms with Crippen molar-refractivity contribution in [3.8, 4) is 0 Å². The van der Waals surface area contributed by atoms with Gasteiger partial charge in [-0.25, -0.2) is 0 Å². The van der Waals surface area contributed by atoms with Gasteiger partial charge in [-0.2, -0.15) is 0 Å². The molecule has 1 N–H and O–H groups in total. The van der Waals surface area contributed by atoms with Crippen LogP contribution in [0, 0.1) is 0 Å². The molecule has 0 amide bonds. The Kier molecular flexibility index (Phi) is 4.96. The van der Waals surface area contributed by atoms with Crippen LogP contribution in [0.4, 0.5) is 0 Å². The number of aliphatic hydroxyl groups is 1. The van der Waals surface area contributed by atoms with Gasteiger partial charge in [0.1, 0.15) is 0 Å². The molecule has 1 heteroatoms. The van der Waals surface area contributed by atoms with Crippen molar-refractivity contribution in [1.29, 1.82) is 0 Å². The van der Waals surface area contributed by atoms with E-state index in [2.05, 4.69) is 12.7 Å². The summed E-state index contributed by atoms with van der Waals surface area (Å²) in [4.78, 5) is 0. The van der Waals surface area contributed by atoms with Gasteiger partial charge in [0.05, 0.1) is 5.60 Å². The average molecular weight is 168 g/mol. The molecular weight excluding hydrogens is 148 g/mol. The fraction of sp³-hybridized carbons (Fsp3) is 0.727. The second-order valence-electron chi connectivity index (χ2n) is 3.53. The van der Waals surface area contributed by atoms with E-state index < -0.39 is 5.60 Å². The third kappa shape index (κ3) is 4.38. The van der Waals surface area contributed by atoms with Crippen molar-refractivity contribution >= 4 is 0 Å². The summed E-state index contributed by atoms with van der Waals surface area (Å²) in [5, 5.41) is 9.66. The molecule has 0 rings (SSSR count). The van der Waals surface area contributed by atoms with E-state index in [0.717, 1.165) is 24.8 Å². The van der Waals surface area contributed by atoms with Gasteiger partial charge in [0.15, 0.2) is 0 Å².